The summed E-state index contributed by atoms with van der Waals surface area (Å²) in [7, 11) is 0. The maximum absolute atomic E-state index is 14.4. The van der Waals surface area contributed by atoms with E-state index < -0.39 is 0 Å². The van der Waals surface area contributed by atoms with Crippen molar-refractivity contribution in [2.45, 2.75) is 45.4 Å². The summed E-state index contributed by atoms with van der Waals surface area (Å²) in [4.78, 5) is 12.1. The van der Waals surface area contributed by atoms with Crippen LogP contribution in [0.5, 0.6) is 11.5 Å². The number of halogens is 1. The zero-order valence-electron chi connectivity index (χ0n) is 17.2. The molecule has 4 heteroatoms. The van der Waals surface area contributed by atoms with E-state index in [1.165, 1.54) is 0 Å². The Labute approximate surface area is 177 Å². The summed E-state index contributed by atoms with van der Waals surface area (Å²) in [5.74, 6) is 0.171. The van der Waals surface area contributed by atoms with Gasteiger partial charge in [-0.3, -0.25) is 4.79 Å². The third-order valence-corrected chi connectivity index (χ3v) is 5.08. The molecule has 0 aliphatic heterocycles. The zero-order valence-corrected chi connectivity index (χ0v) is 17.2. The molecule has 3 aromatic rings. The van der Waals surface area contributed by atoms with Crippen molar-refractivity contribution < 1.29 is 19.0 Å². The number of unbranched alkanes of at least 4 members (excludes halogenated alkanes) is 2. The third-order valence-electron chi connectivity index (χ3n) is 5.08. The Morgan fingerprint density at radius 2 is 1.60 bits per heavy atom. The largest absolute Gasteiger partial charge is 0.508 e. The average molecular weight is 406 g/mol. The fourth-order valence-electron chi connectivity index (χ4n) is 3.30. The highest BCUT2D eigenvalue weighted by atomic mass is 19.1. The minimum atomic E-state index is -0.321. The molecule has 0 saturated carbocycles. The maximum Gasteiger partial charge on any atom is 0.311 e. The molecule has 3 nitrogen and oxygen atoms in total. The topological polar surface area (TPSA) is 46.5 Å². The standard InChI is InChI=1S/C26H27FO3/c1-2-3-4-5-21-9-10-22(18-25(21)27)20-11-15-24(16-12-20)30-26(29)17-8-19-6-13-23(28)14-7-19/h6-7,9-16,18,28H,2-5,8,17H2,1H3. The molecule has 0 heterocycles. The molecule has 0 aromatic heterocycles. The van der Waals surface area contributed by atoms with Crippen molar-refractivity contribution in [1.29, 1.82) is 0 Å². The number of aromatic hydroxyl groups is 1. The van der Waals surface area contributed by atoms with Gasteiger partial charge in [0.15, 0.2) is 0 Å². The van der Waals surface area contributed by atoms with E-state index in [1.807, 2.05) is 24.3 Å². The molecule has 30 heavy (non-hydrogen) atoms. The molecule has 0 aliphatic carbocycles. The Bertz CT molecular complexity index is 963. The highest BCUT2D eigenvalue weighted by molar-refractivity contribution is 5.73. The van der Waals surface area contributed by atoms with Gasteiger partial charge in [-0.25, -0.2) is 4.39 Å². The second kappa shape index (κ2) is 10.6. The molecule has 0 radical (unpaired) electrons. The molecule has 0 bridgehead atoms. The number of carbonyl (C=O) groups excluding carboxylic acids is 1. The number of esters is 1. The van der Waals surface area contributed by atoms with Crippen molar-refractivity contribution in [2.75, 3.05) is 0 Å². The van der Waals surface area contributed by atoms with Crippen LogP contribution in [0.2, 0.25) is 0 Å². The van der Waals surface area contributed by atoms with Crippen molar-refractivity contribution in [3.05, 3.63) is 83.7 Å². The number of ether oxygens (including phenoxy) is 1. The zero-order chi connectivity index (χ0) is 21.3. The van der Waals surface area contributed by atoms with E-state index in [2.05, 4.69) is 6.92 Å². The van der Waals surface area contributed by atoms with Crippen molar-refractivity contribution in [3.8, 4) is 22.6 Å². The van der Waals surface area contributed by atoms with Gasteiger partial charge in [0, 0.05) is 6.42 Å². The van der Waals surface area contributed by atoms with Gasteiger partial charge in [-0.1, -0.05) is 56.2 Å². The number of phenols is 1. The minimum absolute atomic E-state index is 0.173. The SMILES string of the molecule is CCCCCc1ccc(-c2ccc(OC(=O)CCc3ccc(O)cc3)cc2)cc1F. The number of carbonyl (C=O) groups is 1. The Balaban J connectivity index is 1.55. The first kappa shape index (κ1) is 21.6. The van der Waals surface area contributed by atoms with Gasteiger partial charge in [0.1, 0.15) is 17.3 Å². The van der Waals surface area contributed by atoms with Crippen LogP contribution in [0.15, 0.2) is 66.7 Å². The lowest BCUT2D eigenvalue weighted by atomic mass is 10.0. The van der Waals surface area contributed by atoms with E-state index >= 15 is 0 Å². The van der Waals surface area contributed by atoms with Gasteiger partial charge < -0.3 is 9.84 Å². The molecule has 0 aliphatic rings. The Morgan fingerprint density at radius 1 is 0.900 bits per heavy atom. The first-order valence-corrected chi connectivity index (χ1v) is 10.4. The van der Waals surface area contributed by atoms with E-state index in [4.69, 9.17) is 4.74 Å². The van der Waals surface area contributed by atoms with Crippen LogP contribution < -0.4 is 4.74 Å². The summed E-state index contributed by atoms with van der Waals surface area (Å²) in [5.41, 5.74) is 3.39. The molecule has 0 amide bonds. The normalized spacial score (nSPS) is 10.7. The van der Waals surface area contributed by atoms with Crippen molar-refractivity contribution in [1.82, 2.24) is 0 Å². The third kappa shape index (κ3) is 6.18. The van der Waals surface area contributed by atoms with Crippen LogP contribution in [0.1, 0.15) is 43.7 Å². The lowest BCUT2D eigenvalue weighted by molar-refractivity contribution is -0.134. The summed E-state index contributed by atoms with van der Waals surface area (Å²) in [6.07, 6.45) is 4.78. The summed E-state index contributed by atoms with van der Waals surface area (Å²) >= 11 is 0. The van der Waals surface area contributed by atoms with Crippen LogP contribution in [0.25, 0.3) is 11.1 Å². The van der Waals surface area contributed by atoms with Crippen LogP contribution in [0.4, 0.5) is 4.39 Å². The summed E-state index contributed by atoms with van der Waals surface area (Å²) in [6.45, 7) is 2.14. The predicted molar refractivity (Wildman–Crippen MR) is 117 cm³/mol. The Kier molecular flexibility index (Phi) is 7.61. The average Bonchev–Trinajstić information content (AvgIpc) is 2.75. The molecule has 0 saturated heterocycles. The smallest absolute Gasteiger partial charge is 0.311 e. The number of hydrogen-bond acceptors (Lipinski definition) is 3. The van der Waals surface area contributed by atoms with Gasteiger partial charge in [-0.15, -0.1) is 0 Å². The first-order chi connectivity index (χ1) is 14.5. The minimum Gasteiger partial charge on any atom is -0.508 e. The highest BCUT2D eigenvalue weighted by Crippen LogP contribution is 2.25. The molecule has 3 aromatic carbocycles. The van der Waals surface area contributed by atoms with E-state index in [0.717, 1.165) is 47.9 Å². The fraction of sp³-hybridized carbons (Fsp3) is 0.269. The highest BCUT2D eigenvalue weighted by Gasteiger charge is 2.08. The van der Waals surface area contributed by atoms with Crippen molar-refractivity contribution >= 4 is 5.97 Å². The van der Waals surface area contributed by atoms with Crippen LogP contribution in [-0.2, 0) is 17.6 Å². The molecule has 0 spiro atoms. The van der Waals surface area contributed by atoms with E-state index in [-0.39, 0.29) is 24.0 Å². The number of phenolic OH excluding ortho intramolecular Hbond substituents is 1. The van der Waals surface area contributed by atoms with Gasteiger partial charge in [0.2, 0.25) is 0 Å². The van der Waals surface area contributed by atoms with Crippen molar-refractivity contribution in [2.24, 2.45) is 0 Å². The Hall–Kier alpha value is -3.14. The molecule has 0 unspecified atom stereocenters. The maximum atomic E-state index is 14.4. The van der Waals surface area contributed by atoms with Gasteiger partial charge in [0.05, 0.1) is 0 Å². The molecule has 0 atom stereocenters. The monoisotopic (exact) mass is 406 g/mol. The molecule has 1 N–H and O–H groups in total. The van der Waals surface area contributed by atoms with Crippen LogP contribution in [0.3, 0.4) is 0 Å². The lowest BCUT2D eigenvalue weighted by Gasteiger charge is -2.08. The van der Waals surface area contributed by atoms with Gasteiger partial charge >= 0.3 is 5.97 Å². The molecular weight excluding hydrogens is 379 g/mol. The van der Waals surface area contributed by atoms with Crippen LogP contribution in [0, 0.1) is 5.82 Å². The Morgan fingerprint density at radius 3 is 2.27 bits per heavy atom. The van der Waals surface area contributed by atoms with Crippen LogP contribution >= 0.6 is 0 Å². The van der Waals surface area contributed by atoms with Crippen LogP contribution in [-0.4, -0.2) is 11.1 Å². The van der Waals surface area contributed by atoms with E-state index in [0.29, 0.717) is 12.2 Å². The summed E-state index contributed by atoms with van der Waals surface area (Å²) in [6, 6.07) is 19.2. The van der Waals surface area contributed by atoms with Gasteiger partial charge in [-0.2, -0.15) is 0 Å². The molecule has 156 valence electrons. The van der Waals surface area contributed by atoms with Gasteiger partial charge in [0.25, 0.3) is 0 Å². The number of aryl methyl sites for hydroxylation is 2. The molecule has 0 fully saturated rings. The first-order valence-electron chi connectivity index (χ1n) is 10.4. The quantitative estimate of drug-likeness (QED) is 0.252. The number of hydrogen-bond donors (Lipinski definition) is 1. The second-order valence-electron chi connectivity index (χ2n) is 7.43. The van der Waals surface area contributed by atoms with E-state index in [9.17, 15) is 14.3 Å². The number of rotatable bonds is 9. The summed E-state index contributed by atoms with van der Waals surface area (Å²) in [5, 5.41) is 9.29. The fourth-order valence-corrected chi connectivity index (χ4v) is 3.30. The molecular formula is C26H27FO3. The lowest BCUT2D eigenvalue weighted by Crippen LogP contribution is -2.08. The predicted octanol–water partition coefficient (Wildman–Crippen LogP) is 6.47. The second-order valence-corrected chi connectivity index (χ2v) is 7.43. The summed E-state index contributed by atoms with van der Waals surface area (Å²) < 4.78 is 19.8. The number of benzene rings is 3. The van der Waals surface area contributed by atoms with Crippen molar-refractivity contribution in [3.63, 3.8) is 0 Å². The molecule has 3 rings (SSSR count). The van der Waals surface area contributed by atoms with E-state index in [1.54, 1.807) is 42.5 Å². The van der Waals surface area contributed by atoms with Gasteiger partial charge in [-0.05, 0) is 71.8 Å².